The molecular formula is C31H35N5O4. The summed E-state index contributed by atoms with van der Waals surface area (Å²) in [7, 11) is 3.51. The maximum absolute atomic E-state index is 13.4. The molecule has 9 nitrogen and oxygen atoms in total. The number of hydrogen-bond acceptors (Lipinski definition) is 7. The standard InChI is InChI=1S/C31H35N5O4/c1-21-26(22(2)34-33-21)19-24-18-23(11-12-27(24)38-4)20-36-15-14-35(3)31(37)25-8-7-13-32-30(25)40-29-10-6-5-9-28(29)39-17-16-36/h5-13,18H,14-17,19-20H2,1-4H3,(H,33,34). The molecule has 0 radical (unpaired) electrons. The van der Waals surface area contributed by atoms with Gasteiger partial charge in [0.05, 0.1) is 12.8 Å². The number of amides is 1. The topological polar surface area (TPSA) is 92.8 Å². The Morgan fingerprint density at radius 3 is 2.62 bits per heavy atom. The van der Waals surface area contributed by atoms with Crippen molar-refractivity contribution in [2.24, 2.45) is 0 Å². The summed E-state index contributed by atoms with van der Waals surface area (Å²) in [5, 5.41) is 7.43. The third-order valence-electron chi connectivity index (χ3n) is 7.22. The number of pyridine rings is 1. The van der Waals surface area contributed by atoms with Gasteiger partial charge in [-0.2, -0.15) is 5.10 Å². The van der Waals surface area contributed by atoms with E-state index >= 15 is 0 Å². The van der Waals surface area contributed by atoms with E-state index < -0.39 is 0 Å². The van der Waals surface area contributed by atoms with E-state index in [4.69, 9.17) is 14.2 Å². The molecule has 1 aliphatic rings. The second-order valence-electron chi connectivity index (χ2n) is 9.99. The smallest absolute Gasteiger partial charge is 0.259 e. The molecule has 9 heteroatoms. The molecule has 40 heavy (non-hydrogen) atoms. The Bertz CT molecular complexity index is 1460. The lowest BCUT2D eigenvalue weighted by atomic mass is 10.00. The molecule has 0 aliphatic carbocycles. The molecule has 1 aliphatic heterocycles. The molecule has 0 atom stereocenters. The second kappa shape index (κ2) is 12.2. The van der Waals surface area contributed by atoms with Crippen molar-refractivity contribution >= 4 is 5.91 Å². The van der Waals surface area contributed by atoms with Crippen LogP contribution in [0.15, 0.2) is 60.8 Å². The Morgan fingerprint density at radius 1 is 1.02 bits per heavy atom. The summed E-state index contributed by atoms with van der Waals surface area (Å²) in [6, 6.07) is 17.3. The van der Waals surface area contributed by atoms with E-state index in [1.807, 2.05) is 51.2 Å². The molecule has 0 saturated heterocycles. The van der Waals surface area contributed by atoms with Gasteiger partial charge in [-0.1, -0.05) is 24.3 Å². The highest BCUT2D eigenvalue weighted by molar-refractivity contribution is 5.96. The number of aryl methyl sites for hydroxylation is 2. The van der Waals surface area contributed by atoms with Crippen LogP contribution in [0.2, 0.25) is 0 Å². The summed E-state index contributed by atoms with van der Waals surface area (Å²) in [5.41, 5.74) is 5.92. The molecule has 3 heterocycles. The van der Waals surface area contributed by atoms with Crippen LogP contribution in [0.3, 0.4) is 0 Å². The number of aromatic amines is 1. The van der Waals surface area contributed by atoms with Crippen LogP contribution < -0.4 is 14.2 Å². The predicted octanol–water partition coefficient (Wildman–Crippen LogP) is 4.78. The van der Waals surface area contributed by atoms with Crippen molar-refractivity contribution < 1.29 is 19.0 Å². The van der Waals surface area contributed by atoms with Gasteiger partial charge in [-0.25, -0.2) is 4.98 Å². The molecule has 2 aromatic heterocycles. The number of carbonyl (C=O) groups excluding carboxylic acids is 1. The Balaban J connectivity index is 1.40. The number of likely N-dealkylation sites (N-methyl/N-ethyl adjacent to an activating group) is 1. The third-order valence-corrected chi connectivity index (χ3v) is 7.22. The van der Waals surface area contributed by atoms with Crippen LogP contribution in [0.25, 0.3) is 0 Å². The molecule has 1 N–H and O–H groups in total. The first-order chi connectivity index (χ1) is 19.4. The van der Waals surface area contributed by atoms with E-state index in [1.54, 1.807) is 30.3 Å². The molecule has 0 fully saturated rings. The monoisotopic (exact) mass is 541 g/mol. The zero-order valence-corrected chi connectivity index (χ0v) is 23.4. The van der Waals surface area contributed by atoms with Gasteiger partial charge in [-0.05, 0) is 55.3 Å². The van der Waals surface area contributed by atoms with Crippen LogP contribution in [-0.4, -0.2) is 71.3 Å². The number of hydrogen-bond donors (Lipinski definition) is 1. The quantitative estimate of drug-likeness (QED) is 0.389. The Morgan fingerprint density at radius 2 is 1.85 bits per heavy atom. The first-order valence-electron chi connectivity index (χ1n) is 13.4. The SMILES string of the molecule is COc1ccc(CN2CCOc3ccccc3Oc3ncccc3C(=O)N(C)CC2)cc1Cc1c(C)n[nH]c1C. The molecule has 208 valence electrons. The highest BCUT2D eigenvalue weighted by Gasteiger charge is 2.21. The van der Waals surface area contributed by atoms with Gasteiger partial charge in [0.1, 0.15) is 17.9 Å². The van der Waals surface area contributed by atoms with Crippen molar-refractivity contribution in [2.75, 3.05) is 40.4 Å². The van der Waals surface area contributed by atoms with Crippen LogP contribution in [0.4, 0.5) is 0 Å². The predicted molar refractivity (Wildman–Crippen MR) is 152 cm³/mol. The Kier molecular flexibility index (Phi) is 8.31. The Hall–Kier alpha value is -4.37. The van der Waals surface area contributed by atoms with Crippen LogP contribution in [0.5, 0.6) is 23.1 Å². The number of carbonyl (C=O) groups is 1. The molecule has 2 aromatic carbocycles. The third kappa shape index (κ3) is 6.10. The molecular weight excluding hydrogens is 506 g/mol. The summed E-state index contributed by atoms with van der Waals surface area (Å²) in [4.78, 5) is 21.7. The summed E-state index contributed by atoms with van der Waals surface area (Å²) >= 11 is 0. The molecule has 4 aromatic rings. The number of para-hydroxylation sites is 2. The first-order valence-corrected chi connectivity index (χ1v) is 13.4. The summed E-state index contributed by atoms with van der Waals surface area (Å²) < 4.78 is 17.9. The zero-order valence-electron chi connectivity index (χ0n) is 23.4. The van der Waals surface area contributed by atoms with E-state index in [2.05, 4.69) is 32.2 Å². The van der Waals surface area contributed by atoms with Gasteiger partial charge in [0.25, 0.3) is 5.91 Å². The normalized spacial score (nSPS) is 14.6. The number of methoxy groups -OCH3 is 1. The van der Waals surface area contributed by atoms with Gasteiger partial charge in [0.2, 0.25) is 5.88 Å². The lowest BCUT2D eigenvalue weighted by Gasteiger charge is -2.26. The van der Waals surface area contributed by atoms with Crippen molar-refractivity contribution in [1.82, 2.24) is 25.0 Å². The molecule has 5 rings (SSSR count). The maximum atomic E-state index is 13.4. The number of nitrogens with one attached hydrogen (secondary N) is 1. The van der Waals surface area contributed by atoms with Gasteiger partial charge in [-0.15, -0.1) is 0 Å². The number of benzene rings is 2. The summed E-state index contributed by atoms with van der Waals surface area (Å²) in [6.45, 7) is 7.10. The number of aromatic nitrogens is 3. The number of H-pyrrole nitrogens is 1. The average Bonchev–Trinajstić information content (AvgIpc) is 3.28. The summed E-state index contributed by atoms with van der Waals surface area (Å²) in [6.07, 6.45) is 2.35. The van der Waals surface area contributed by atoms with Gasteiger partial charge in [0.15, 0.2) is 11.5 Å². The first kappa shape index (κ1) is 27.2. The van der Waals surface area contributed by atoms with Crippen molar-refractivity contribution in [2.45, 2.75) is 26.8 Å². The average molecular weight is 542 g/mol. The van der Waals surface area contributed by atoms with Gasteiger partial charge in [-0.3, -0.25) is 14.8 Å². The van der Waals surface area contributed by atoms with E-state index in [1.165, 1.54) is 5.56 Å². The minimum Gasteiger partial charge on any atom is -0.496 e. The minimum atomic E-state index is -0.140. The molecule has 0 unspecified atom stereocenters. The fraction of sp³-hybridized carbons (Fsp3) is 0.323. The van der Waals surface area contributed by atoms with Crippen molar-refractivity contribution in [3.05, 3.63) is 94.4 Å². The largest absolute Gasteiger partial charge is 0.496 e. The fourth-order valence-electron chi connectivity index (χ4n) is 4.90. The number of rotatable bonds is 5. The van der Waals surface area contributed by atoms with E-state index in [9.17, 15) is 4.79 Å². The summed E-state index contributed by atoms with van der Waals surface area (Å²) in [5.74, 6) is 2.11. The molecule has 0 spiro atoms. The molecule has 0 bridgehead atoms. The minimum absolute atomic E-state index is 0.140. The highest BCUT2D eigenvalue weighted by atomic mass is 16.5. The maximum Gasteiger partial charge on any atom is 0.259 e. The Labute approximate surface area is 234 Å². The lowest BCUT2D eigenvalue weighted by Crippen LogP contribution is -2.37. The van der Waals surface area contributed by atoms with Crippen LogP contribution >= 0.6 is 0 Å². The van der Waals surface area contributed by atoms with Crippen LogP contribution in [0.1, 0.15) is 38.4 Å². The number of nitrogens with zero attached hydrogens (tertiary/aromatic N) is 4. The van der Waals surface area contributed by atoms with E-state index in [0.29, 0.717) is 49.8 Å². The molecule has 0 saturated carbocycles. The number of ether oxygens (including phenoxy) is 3. The van der Waals surface area contributed by atoms with E-state index in [-0.39, 0.29) is 11.8 Å². The lowest BCUT2D eigenvalue weighted by molar-refractivity contribution is 0.0770. The van der Waals surface area contributed by atoms with Crippen LogP contribution in [-0.2, 0) is 13.0 Å². The second-order valence-corrected chi connectivity index (χ2v) is 9.99. The van der Waals surface area contributed by atoms with Crippen LogP contribution in [0, 0.1) is 13.8 Å². The van der Waals surface area contributed by atoms with Crippen molar-refractivity contribution in [3.8, 4) is 23.1 Å². The van der Waals surface area contributed by atoms with Crippen molar-refractivity contribution in [1.29, 1.82) is 0 Å². The van der Waals surface area contributed by atoms with E-state index in [0.717, 1.165) is 34.7 Å². The zero-order chi connectivity index (χ0) is 28.1. The van der Waals surface area contributed by atoms with Gasteiger partial charge in [0, 0.05) is 57.1 Å². The number of fused-ring (bicyclic) bond motifs is 2. The molecule has 1 amide bonds. The van der Waals surface area contributed by atoms with Gasteiger partial charge < -0.3 is 19.1 Å². The highest BCUT2D eigenvalue weighted by Crippen LogP contribution is 2.32. The van der Waals surface area contributed by atoms with Gasteiger partial charge >= 0.3 is 0 Å². The fourth-order valence-corrected chi connectivity index (χ4v) is 4.90. The van der Waals surface area contributed by atoms with Crippen molar-refractivity contribution in [3.63, 3.8) is 0 Å².